The van der Waals surface area contributed by atoms with Gasteiger partial charge in [-0.05, 0) is 36.4 Å². The van der Waals surface area contributed by atoms with Crippen LogP contribution in [0.3, 0.4) is 0 Å². The van der Waals surface area contributed by atoms with Gasteiger partial charge in [0.05, 0.1) is 23.9 Å². The molecule has 1 aromatic heterocycles. The van der Waals surface area contributed by atoms with Crippen molar-refractivity contribution < 1.29 is 14.6 Å². The largest absolute Gasteiger partial charge is 0.508 e. The van der Waals surface area contributed by atoms with Crippen molar-refractivity contribution >= 4 is 45.9 Å². The number of phenolic OH excluding ortho intramolecular Hbond substituents is 1. The standard InChI is InChI=1S/C18H15ClN4O3S/c1-26-14-5-3-2-4-13(14)21-18-22-16(19)15(27-18)10-20-23-17(25)11-6-8-12(24)9-7-11/h2-10,24H,1H3,(H,21,22)(H,23,25)/b20-10+. The van der Waals surface area contributed by atoms with Crippen molar-refractivity contribution in [3.05, 3.63) is 64.1 Å². The Hall–Kier alpha value is -3.10. The molecule has 0 bridgehead atoms. The van der Waals surface area contributed by atoms with Crippen molar-refractivity contribution in [3.63, 3.8) is 0 Å². The maximum Gasteiger partial charge on any atom is 0.271 e. The third-order valence-corrected chi connectivity index (χ3v) is 4.74. The third-order valence-electron chi connectivity index (χ3n) is 3.44. The molecule has 0 saturated carbocycles. The zero-order valence-electron chi connectivity index (χ0n) is 14.1. The number of rotatable bonds is 6. The van der Waals surface area contributed by atoms with Crippen LogP contribution >= 0.6 is 22.9 Å². The highest BCUT2D eigenvalue weighted by molar-refractivity contribution is 7.17. The lowest BCUT2D eigenvalue weighted by Gasteiger charge is -2.07. The van der Waals surface area contributed by atoms with Gasteiger partial charge in [0, 0.05) is 5.56 Å². The first-order chi connectivity index (χ1) is 13.1. The molecule has 0 aliphatic carbocycles. The molecular weight excluding hydrogens is 388 g/mol. The number of aromatic nitrogens is 1. The molecule has 3 N–H and O–H groups in total. The molecule has 0 saturated heterocycles. The van der Waals surface area contributed by atoms with E-state index in [9.17, 15) is 9.90 Å². The number of aromatic hydroxyl groups is 1. The van der Waals surface area contributed by atoms with Gasteiger partial charge in [0.25, 0.3) is 5.91 Å². The number of hydrogen-bond donors (Lipinski definition) is 3. The van der Waals surface area contributed by atoms with Crippen LogP contribution in [0.5, 0.6) is 11.5 Å². The van der Waals surface area contributed by atoms with Crippen LogP contribution in [0.25, 0.3) is 0 Å². The Morgan fingerprint density at radius 3 is 2.74 bits per heavy atom. The first kappa shape index (κ1) is 18.7. The molecule has 9 heteroatoms. The number of halogens is 1. The molecule has 3 aromatic rings. The Kier molecular flexibility index (Phi) is 5.90. The van der Waals surface area contributed by atoms with E-state index in [0.29, 0.717) is 21.3 Å². The summed E-state index contributed by atoms with van der Waals surface area (Å²) in [6.45, 7) is 0. The Morgan fingerprint density at radius 2 is 2.00 bits per heavy atom. The number of nitrogens with zero attached hydrogens (tertiary/aromatic N) is 2. The van der Waals surface area contributed by atoms with Gasteiger partial charge in [-0.3, -0.25) is 4.79 Å². The van der Waals surface area contributed by atoms with Crippen LogP contribution < -0.4 is 15.5 Å². The second-order valence-electron chi connectivity index (χ2n) is 5.25. The molecule has 0 aliphatic rings. The molecule has 27 heavy (non-hydrogen) atoms. The molecule has 0 fully saturated rings. The summed E-state index contributed by atoms with van der Waals surface area (Å²) in [6.07, 6.45) is 1.42. The predicted molar refractivity (Wildman–Crippen MR) is 107 cm³/mol. The Bertz CT molecular complexity index is 973. The van der Waals surface area contributed by atoms with Crippen LogP contribution in [0.1, 0.15) is 15.2 Å². The minimum absolute atomic E-state index is 0.0848. The summed E-state index contributed by atoms with van der Waals surface area (Å²) in [5.74, 6) is 0.362. The summed E-state index contributed by atoms with van der Waals surface area (Å²) in [5.41, 5.74) is 3.53. The van der Waals surface area contributed by atoms with E-state index in [4.69, 9.17) is 16.3 Å². The summed E-state index contributed by atoms with van der Waals surface area (Å²) in [7, 11) is 1.59. The van der Waals surface area contributed by atoms with Crippen LogP contribution in [-0.2, 0) is 0 Å². The van der Waals surface area contributed by atoms with Gasteiger partial charge in [0.15, 0.2) is 10.3 Å². The highest BCUT2D eigenvalue weighted by Gasteiger charge is 2.10. The number of para-hydroxylation sites is 2. The maximum absolute atomic E-state index is 12.0. The fourth-order valence-corrected chi connectivity index (χ4v) is 3.18. The lowest BCUT2D eigenvalue weighted by atomic mass is 10.2. The smallest absolute Gasteiger partial charge is 0.271 e. The molecule has 0 unspecified atom stereocenters. The van der Waals surface area contributed by atoms with E-state index in [1.165, 1.54) is 41.8 Å². The SMILES string of the molecule is COc1ccccc1Nc1nc(Cl)c(/C=N/NC(=O)c2ccc(O)cc2)s1. The van der Waals surface area contributed by atoms with Crippen molar-refractivity contribution in [2.24, 2.45) is 5.10 Å². The Morgan fingerprint density at radius 1 is 1.26 bits per heavy atom. The normalized spacial score (nSPS) is 10.7. The second-order valence-corrected chi connectivity index (χ2v) is 6.63. The number of thiazole rings is 1. The van der Waals surface area contributed by atoms with E-state index in [2.05, 4.69) is 20.8 Å². The lowest BCUT2D eigenvalue weighted by Crippen LogP contribution is -2.17. The summed E-state index contributed by atoms with van der Waals surface area (Å²) in [4.78, 5) is 16.8. The first-order valence-electron chi connectivity index (χ1n) is 7.75. The monoisotopic (exact) mass is 402 g/mol. The van der Waals surface area contributed by atoms with Crippen LogP contribution in [0.4, 0.5) is 10.8 Å². The lowest BCUT2D eigenvalue weighted by molar-refractivity contribution is 0.0955. The maximum atomic E-state index is 12.0. The number of carbonyl (C=O) groups is 1. The Balaban J connectivity index is 1.66. The minimum atomic E-state index is -0.403. The predicted octanol–water partition coefficient (Wildman–Crippen LogP) is 4.02. The molecule has 0 spiro atoms. The van der Waals surface area contributed by atoms with Crippen molar-refractivity contribution in [1.82, 2.24) is 10.4 Å². The molecule has 1 amide bonds. The molecule has 138 valence electrons. The van der Waals surface area contributed by atoms with Gasteiger partial charge >= 0.3 is 0 Å². The summed E-state index contributed by atoms with van der Waals surface area (Å²) in [6, 6.07) is 13.3. The first-order valence-corrected chi connectivity index (χ1v) is 8.95. The second kappa shape index (κ2) is 8.52. The van der Waals surface area contributed by atoms with E-state index in [1.54, 1.807) is 7.11 Å². The molecule has 0 radical (unpaired) electrons. The number of hydrazone groups is 1. The number of amides is 1. The van der Waals surface area contributed by atoms with Crippen LogP contribution in [-0.4, -0.2) is 29.3 Å². The highest BCUT2D eigenvalue weighted by atomic mass is 35.5. The van der Waals surface area contributed by atoms with E-state index >= 15 is 0 Å². The van der Waals surface area contributed by atoms with Crippen molar-refractivity contribution in [1.29, 1.82) is 0 Å². The Labute approximate surface area is 164 Å². The van der Waals surface area contributed by atoms with Gasteiger partial charge < -0.3 is 15.2 Å². The number of benzene rings is 2. The fraction of sp³-hybridized carbons (Fsp3) is 0.0556. The zero-order valence-corrected chi connectivity index (χ0v) is 15.7. The van der Waals surface area contributed by atoms with Gasteiger partial charge in [0.1, 0.15) is 11.5 Å². The average molecular weight is 403 g/mol. The number of nitrogens with one attached hydrogen (secondary N) is 2. The van der Waals surface area contributed by atoms with Crippen LogP contribution in [0.15, 0.2) is 53.6 Å². The van der Waals surface area contributed by atoms with E-state index < -0.39 is 5.91 Å². The van der Waals surface area contributed by atoms with Crippen LogP contribution in [0.2, 0.25) is 5.15 Å². The van der Waals surface area contributed by atoms with E-state index in [0.717, 1.165) is 5.69 Å². The molecule has 1 heterocycles. The molecule has 0 atom stereocenters. The third kappa shape index (κ3) is 4.75. The number of methoxy groups -OCH3 is 1. The topological polar surface area (TPSA) is 95.8 Å². The van der Waals surface area contributed by atoms with Gasteiger partial charge in [-0.25, -0.2) is 10.4 Å². The number of phenols is 1. The molecule has 2 aromatic carbocycles. The molecule has 3 rings (SSSR count). The fourth-order valence-electron chi connectivity index (χ4n) is 2.14. The van der Waals surface area contributed by atoms with E-state index in [-0.39, 0.29) is 10.9 Å². The number of ether oxygens (including phenoxy) is 1. The minimum Gasteiger partial charge on any atom is -0.508 e. The molecule has 0 aliphatic heterocycles. The van der Waals surface area contributed by atoms with Crippen molar-refractivity contribution in [3.8, 4) is 11.5 Å². The van der Waals surface area contributed by atoms with E-state index in [1.807, 2.05) is 24.3 Å². The average Bonchev–Trinajstić information content (AvgIpc) is 3.02. The summed E-state index contributed by atoms with van der Waals surface area (Å²) in [5, 5.41) is 17.1. The molecule has 7 nitrogen and oxygen atoms in total. The van der Waals surface area contributed by atoms with Gasteiger partial charge in [0.2, 0.25) is 0 Å². The number of anilines is 2. The number of carbonyl (C=O) groups excluding carboxylic acids is 1. The van der Waals surface area contributed by atoms with Gasteiger partial charge in [-0.15, -0.1) is 0 Å². The molecular formula is C18H15ClN4O3S. The quantitative estimate of drug-likeness (QED) is 0.427. The summed E-state index contributed by atoms with van der Waals surface area (Å²) >= 11 is 7.41. The zero-order chi connectivity index (χ0) is 19.2. The highest BCUT2D eigenvalue weighted by Crippen LogP contribution is 2.31. The van der Waals surface area contributed by atoms with Crippen LogP contribution in [0, 0.1) is 0 Å². The van der Waals surface area contributed by atoms with Crippen molar-refractivity contribution in [2.45, 2.75) is 0 Å². The van der Waals surface area contributed by atoms with Gasteiger partial charge in [-0.2, -0.15) is 5.10 Å². The summed E-state index contributed by atoms with van der Waals surface area (Å²) < 4.78 is 5.29. The van der Waals surface area contributed by atoms with Gasteiger partial charge in [-0.1, -0.05) is 35.1 Å². The number of hydrogen-bond acceptors (Lipinski definition) is 7. The van der Waals surface area contributed by atoms with Crippen molar-refractivity contribution in [2.75, 3.05) is 12.4 Å².